The van der Waals surface area contributed by atoms with Gasteiger partial charge in [0.05, 0.1) is 0 Å². The zero-order chi connectivity index (χ0) is 3.58. The molecule has 32 valence electrons. The first-order chi connectivity index (χ1) is 1.73. The standard InChI is InChI=1S/3Na.H2O3S.3H/c;;;1-4(2)3;;;/h;;;(H2,1,2,3);;;/q3*+1;;3*-1. The first kappa shape index (κ1) is 22.5. The molecule has 0 rings (SSSR count). The minimum atomic E-state index is -2.61. The molecule has 0 aromatic heterocycles. The molecule has 0 atom stereocenters. The molecule has 0 fully saturated rings. The van der Waals surface area contributed by atoms with Crippen molar-refractivity contribution in [3.63, 3.8) is 0 Å². The fourth-order valence-corrected chi connectivity index (χ4v) is 0. The third kappa shape index (κ3) is 48.1. The van der Waals surface area contributed by atoms with E-state index >= 15 is 0 Å². The van der Waals surface area contributed by atoms with Crippen molar-refractivity contribution in [1.29, 1.82) is 0 Å². The Kier molecular flexibility index (Phi) is 51.5. The van der Waals surface area contributed by atoms with Gasteiger partial charge in [-0.05, 0) is 0 Å². The van der Waals surface area contributed by atoms with E-state index in [2.05, 4.69) is 0 Å². The minimum Gasteiger partial charge on any atom is -1.00 e. The summed E-state index contributed by atoms with van der Waals surface area (Å²) in [5.41, 5.74) is 0. The van der Waals surface area contributed by atoms with E-state index in [9.17, 15) is 0 Å². The summed E-state index contributed by atoms with van der Waals surface area (Å²) in [5.74, 6) is 0. The van der Waals surface area contributed by atoms with E-state index < -0.39 is 11.4 Å². The van der Waals surface area contributed by atoms with Crippen molar-refractivity contribution in [2.75, 3.05) is 0 Å². The van der Waals surface area contributed by atoms with Gasteiger partial charge in [0, 0.05) is 0 Å². The Morgan fingerprint density at radius 1 is 1.14 bits per heavy atom. The molecule has 0 radical (unpaired) electrons. The molecule has 0 aliphatic rings. The van der Waals surface area contributed by atoms with Crippen LogP contribution in [0.25, 0.3) is 0 Å². The van der Waals surface area contributed by atoms with Crippen molar-refractivity contribution < 1.29 is 106 Å². The van der Waals surface area contributed by atoms with Crippen LogP contribution in [0.5, 0.6) is 0 Å². The summed E-state index contributed by atoms with van der Waals surface area (Å²) in [7, 11) is 0. The molecular weight excluding hydrogens is 149 g/mol. The minimum absolute atomic E-state index is 0. The Morgan fingerprint density at radius 2 is 1.14 bits per heavy atom. The van der Waals surface area contributed by atoms with Crippen molar-refractivity contribution in [1.82, 2.24) is 0 Å². The quantitative estimate of drug-likeness (QED) is 0.269. The van der Waals surface area contributed by atoms with E-state index in [1.165, 1.54) is 0 Å². The largest absolute Gasteiger partial charge is 1.00 e. The van der Waals surface area contributed by atoms with E-state index in [0.29, 0.717) is 0 Å². The number of hydrogen-bond donors (Lipinski definition) is 2. The van der Waals surface area contributed by atoms with Crippen molar-refractivity contribution in [2.45, 2.75) is 0 Å². The molecule has 2 N–H and O–H groups in total. The van der Waals surface area contributed by atoms with Crippen LogP contribution in [0.1, 0.15) is 4.28 Å². The van der Waals surface area contributed by atoms with Crippen LogP contribution in [0.3, 0.4) is 0 Å². The maximum Gasteiger partial charge on any atom is 1.00 e. The molecule has 7 heavy (non-hydrogen) atoms. The monoisotopic (exact) mass is 154 g/mol. The predicted octanol–water partition coefficient (Wildman–Crippen LogP) is -8.97. The summed E-state index contributed by atoms with van der Waals surface area (Å²) in [4.78, 5) is 0. The van der Waals surface area contributed by atoms with Gasteiger partial charge >= 0.3 is 88.7 Å². The zero-order valence-corrected chi connectivity index (χ0v) is 11.5. The molecule has 0 heterocycles. The van der Waals surface area contributed by atoms with Gasteiger partial charge < -0.3 is 4.28 Å². The van der Waals surface area contributed by atoms with E-state index in [1.807, 2.05) is 0 Å². The third-order valence-corrected chi connectivity index (χ3v) is 0. The second kappa shape index (κ2) is 16.0. The van der Waals surface area contributed by atoms with Crippen molar-refractivity contribution in [2.24, 2.45) is 0 Å². The van der Waals surface area contributed by atoms with Crippen LogP contribution < -0.4 is 88.7 Å². The Hall–Kier alpha value is 3.07. The van der Waals surface area contributed by atoms with Crippen LogP contribution in [-0.2, 0) is 11.4 Å². The first-order valence-corrected chi connectivity index (χ1v) is 1.60. The summed E-state index contributed by atoms with van der Waals surface area (Å²) >= 11 is -2.61. The Balaban J connectivity index is -0.00000000300. The van der Waals surface area contributed by atoms with Crippen molar-refractivity contribution >= 4 is 11.4 Å². The van der Waals surface area contributed by atoms with Gasteiger partial charge in [0.15, 0.2) is 0 Å². The molecule has 0 spiro atoms. The van der Waals surface area contributed by atoms with E-state index in [1.54, 1.807) is 0 Å². The Labute approximate surface area is 115 Å². The molecule has 7 heteroatoms. The molecule has 0 saturated carbocycles. The molecule has 0 amide bonds. The average molecular weight is 154 g/mol. The second-order valence-electron chi connectivity index (χ2n) is 0.231. The van der Waals surface area contributed by atoms with Crippen LogP contribution in [0, 0.1) is 0 Å². The predicted molar refractivity (Wildman–Crippen MR) is 16.7 cm³/mol. The van der Waals surface area contributed by atoms with Gasteiger partial charge in [0.25, 0.3) is 11.4 Å². The molecule has 0 aliphatic carbocycles. The summed E-state index contributed by atoms with van der Waals surface area (Å²) in [6, 6.07) is 0. The van der Waals surface area contributed by atoms with Gasteiger partial charge in [-0.3, -0.25) is 9.11 Å². The van der Waals surface area contributed by atoms with Crippen molar-refractivity contribution in [3.8, 4) is 0 Å². The van der Waals surface area contributed by atoms with Crippen LogP contribution in [-0.4, -0.2) is 13.3 Å². The van der Waals surface area contributed by atoms with E-state index in [0.717, 1.165) is 0 Å². The van der Waals surface area contributed by atoms with Crippen LogP contribution in [0.4, 0.5) is 0 Å². The second-order valence-corrected chi connectivity index (χ2v) is 0.692. The normalized spacial score (nSPS) is 5.00. The summed E-state index contributed by atoms with van der Waals surface area (Å²) in [5, 5.41) is 0. The molecule has 0 aliphatic heterocycles. The number of rotatable bonds is 0. The van der Waals surface area contributed by atoms with Crippen LogP contribution in [0.15, 0.2) is 0 Å². The van der Waals surface area contributed by atoms with Gasteiger partial charge in [-0.25, -0.2) is 0 Å². The fourth-order valence-electron chi connectivity index (χ4n) is 0. The topological polar surface area (TPSA) is 57.5 Å². The fraction of sp³-hybridized carbons (Fsp3) is 0. The summed E-state index contributed by atoms with van der Waals surface area (Å²) in [6.07, 6.45) is 0. The van der Waals surface area contributed by atoms with Gasteiger partial charge in [-0.2, -0.15) is 4.21 Å². The SMILES string of the molecule is O=S(O)O.[H-].[H-].[H-].[Na+].[Na+].[Na+]. The van der Waals surface area contributed by atoms with Crippen LogP contribution >= 0.6 is 0 Å². The molecule has 0 bridgehead atoms. The van der Waals surface area contributed by atoms with E-state index in [-0.39, 0.29) is 93.0 Å². The van der Waals surface area contributed by atoms with E-state index in [4.69, 9.17) is 13.3 Å². The summed E-state index contributed by atoms with van der Waals surface area (Å²) < 4.78 is 22.8. The molecule has 0 unspecified atom stereocenters. The Morgan fingerprint density at radius 3 is 1.14 bits per heavy atom. The third-order valence-electron chi connectivity index (χ3n) is 0. The number of hydrogen-bond acceptors (Lipinski definition) is 1. The van der Waals surface area contributed by atoms with Crippen molar-refractivity contribution in [3.05, 3.63) is 0 Å². The summed E-state index contributed by atoms with van der Waals surface area (Å²) in [6.45, 7) is 0. The molecule has 0 saturated heterocycles. The molecular formula is H5Na3O3S. The molecule has 3 nitrogen and oxygen atoms in total. The zero-order valence-electron chi connectivity index (χ0n) is 7.71. The van der Waals surface area contributed by atoms with Crippen LogP contribution in [0.2, 0.25) is 0 Å². The maximum absolute atomic E-state index is 8.67. The molecule has 0 aromatic rings. The maximum atomic E-state index is 8.67. The van der Waals surface area contributed by atoms with Gasteiger partial charge in [0.1, 0.15) is 0 Å². The smallest absolute Gasteiger partial charge is 1.00 e. The van der Waals surface area contributed by atoms with Gasteiger partial charge in [-0.1, -0.05) is 0 Å². The molecule has 0 aromatic carbocycles. The van der Waals surface area contributed by atoms with Gasteiger partial charge in [-0.15, -0.1) is 0 Å². The van der Waals surface area contributed by atoms with Gasteiger partial charge in [0.2, 0.25) is 0 Å². The first-order valence-electron chi connectivity index (χ1n) is 0.532. The Bertz CT molecular complexity index is 42.0. The average Bonchev–Trinajstić information content (AvgIpc) is 0.811.